The van der Waals surface area contributed by atoms with E-state index in [-0.39, 0.29) is 9.23 Å². The third-order valence-electron chi connectivity index (χ3n) is 4.35. The zero-order valence-electron chi connectivity index (χ0n) is 13.7. The molecule has 0 bridgehead atoms. The van der Waals surface area contributed by atoms with E-state index < -0.39 is 10.0 Å². The van der Waals surface area contributed by atoms with Crippen molar-refractivity contribution >= 4 is 44.6 Å². The summed E-state index contributed by atoms with van der Waals surface area (Å²) in [4.78, 5) is 2.45. The largest absolute Gasteiger partial charge is 0.302 e. The van der Waals surface area contributed by atoms with Crippen LogP contribution < -0.4 is 0 Å². The summed E-state index contributed by atoms with van der Waals surface area (Å²) >= 11 is 13.0. The first-order chi connectivity index (χ1) is 12.0. The Balaban J connectivity index is 1.62. The SMILES string of the molecule is O=S(=O)(c1cc(Cl)sc1Cl)N1CCCN(CCc2ccccc2)CC1. The minimum absolute atomic E-state index is 0.127. The maximum atomic E-state index is 12.8. The summed E-state index contributed by atoms with van der Waals surface area (Å²) in [7, 11) is -3.59. The van der Waals surface area contributed by atoms with Gasteiger partial charge in [-0.05, 0) is 31.0 Å². The zero-order chi connectivity index (χ0) is 17.9. The Bertz CT molecular complexity index is 809. The van der Waals surface area contributed by atoms with Gasteiger partial charge in [0.1, 0.15) is 9.23 Å². The van der Waals surface area contributed by atoms with E-state index in [4.69, 9.17) is 23.2 Å². The van der Waals surface area contributed by atoms with Gasteiger partial charge in [-0.1, -0.05) is 53.5 Å². The predicted molar refractivity (Wildman–Crippen MR) is 104 cm³/mol. The number of halogens is 2. The summed E-state index contributed by atoms with van der Waals surface area (Å²) in [5, 5.41) is 0. The van der Waals surface area contributed by atoms with Crippen LogP contribution >= 0.6 is 34.5 Å². The molecule has 4 nitrogen and oxygen atoms in total. The minimum atomic E-state index is -3.59. The summed E-state index contributed by atoms with van der Waals surface area (Å²) in [6.45, 7) is 3.54. The highest BCUT2D eigenvalue weighted by Gasteiger charge is 2.30. The van der Waals surface area contributed by atoms with E-state index in [1.54, 1.807) is 0 Å². The molecule has 25 heavy (non-hydrogen) atoms. The van der Waals surface area contributed by atoms with Crippen molar-refractivity contribution in [2.75, 3.05) is 32.7 Å². The first-order valence-electron chi connectivity index (χ1n) is 8.18. The molecule has 0 N–H and O–H groups in total. The van der Waals surface area contributed by atoms with Crippen molar-refractivity contribution in [2.24, 2.45) is 0 Å². The lowest BCUT2D eigenvalue weighted by Gasteiger charge is -2.21. The van der Waals surface area contributed by atoms with Gasteiger partial charge in [0, 0.05) is 26.2 Å². The average Bonchev–Trinajstić information content (AvgIpc) is 2.81. The fourth-order valence-corrected chi connectivity index (χ4v) is 6.57. The Morgan fingerprint density at radius 3 is 2.48 bits per heavy atom. The van der Waals surface area contributed by atoms with E-state index >= 15 is 0 Å². The minimum Gasteiger partial charge on any atom is -0.302 e. The molecular formula is C17H20Cl2N2O2S2. The van der Waals surface area contributed by atoms with Gasteiger partial charge in [-0.2, -0.15) is 4.31 Å². The maximum Gasteiger partial charge on any atom is 0.245 e. The quantitative estimate of drug-likeness (QED) is 0.736. The van der Waals surface area contributed by atoms with Gasteiger partial charge < -0.3 is 4.90 Å². The molecule has 1 fully saturated rings. The number of sulfonamides is 1. The standard InChI is InChI=1S/C17H20Cl2N2O2S2/c18-16-13-15(17(19)24-16)25(22,23)21-9-4-8-20(11-12-21)10-7-14-5-2-1-3-6-14/h1-3,5-6,13H,4,7-12H2. The Morgan fingerprint density at radius 1 is 1.04 bits per heavy atom. The van der Waals surface area contributed by atoms with Gasteiger partial charge in [0.05, 0.1) is 4.34 Å². The van der Waals surface area contributed by atoms with Crippen LogP contribution in [0.4, 0.5) is 0 Å². The number of benzene rings is 1. The molecule has 0 spiro atoms. The summed E-state index contributed by atoms with van der Waals surface area (Å²) in [6, 6.07) is 11.8. The van der Waals surface area contributed by atoms with Crippen molar-refractivity contribution in [3.05, 3.63) is 50.6 Å². The molecule has 8 heteroatoms. The van der Waals surface area contributed by atoms with E-state index in [0.29, 0.717) is 17.4 Å². The first kappa shape index (κ1) is 19.1. The van der Waals surface area contributed by atoms with Crippen molar-refractivity contribution in [3.8, 4) is 0 Å². The van der Waals surface area contributed by atoms with Crippen molar-refractivity contribution in [3.63, 3.8) is 0 Å². The monoisotopic (exact) mass is 418 g/mol. The summed E-state index contributed by atoms with van der Waals surface area (Å²) < 4.78 is 27.8. The molecule has 0 saturated carbocycles. The molecule has 1 aromatic heterocycles. The van der Waals surface area contributed by atoms with E-state index in [2.05, 4.69) is 17.0 Å². The van der Waals surface area contributed by atoms with E-state index in [9.17, 15) is 8.42 Å². The number of nitrogens with zero attached hydrogens (tertiary/aromatic N) is 2. The van der Waals surface area contributed by atoms with Crippen molar-refractivity contribution in [2.45, 2.75) is 17.7 Å². The van der Waals surface area contributed by atoms with E-state index in [1.807, 2.05) is 18.2 Å². The summed E-state index contributed by atoms with van der Waals surface area (Å²) in [6.07, 6.45) is 1.78. The van der Waals surface area contributed by atoms with E-state index in [1.165, 1.54) is 15.9 Å². The smallest absolute Gasteiger partial charge is 0.245 e. The summed E-state index contributed by atoms with van der Waals surface area (Å²) in [5.74, 6) is 0. The van der Waals surface area contributed by atoms with Gasteiger partial charge in [0.2, 0.25) is 10.0 Å². The highest BCUT2D eigenvalue weighted by molar-refractivity contribution is 7.89. The van der Waals surface area contributed by atoms with Crippen LogP contribution in [0.5, 0.6) is 0 Å². The lowest BCUT2D eigenvalue weighted by atomic mass is 10.1. The molecule has 0 radical (unpaired) electrons. The molecule has 1 aromatic carbocycles. The topological polar surface area (TPSA) is 40.6 Å². The lowest BCUT2D eigenvalue weighted by Crippen LogP contribution is -2.35. The van der Waals surface area contributed by atoms with Crippen LogP contribution in [0.15, 0.2) is 41.3 Å². The van der Waals surface area contributed by atoms with E-state index in [0.717, 1.165) is 43.8 Å². The van der Waals surface area contributed by atoms with Gasteiger partial charge in [0.15, 0.2) is 0 Å². The normalized spacial score (nSPS) is 17.5. The first-order valence-corrected chi connectivity index (χ1v) is 11.2. The molecule has 0 unspecified atom stereocenters. The maximum absolute atomic E-state index is 12.8. The van der Waals surface area contributed by atoms with Gasteiger partial charge in [-0.25, -0.2) is 8.42 Å². The third-order valence-corrected chi connectivity index (χ3v) is 8.00. The molecule has 136 valence electrons. The Kier molecular flexibility index (Phi) is 6.41. The number of hydrogen-bond acceptors (Lipinski definition) is 4. The Hall–Kier alpha value is -0.630. The second-order valence-corrected chi connectivity index (χ2v) is 10.2. The lowest BCUT2D eigenvalue weighted by molar-refractivity contribution is 0.290. The number of thiophene rings is 1. The average molecular weight is 419 g/mol. The van der Waals surface area contributed by atoms with Crippen LogP contribution in [0, 0.1) is 0 Å². The second-order valence-electron chi connectivity index (χ2n) is 6.02. The fraction of sp³-hybridized carbons (Fsp3) is 0.412. The highest BCUT2D eigenvalue weighted by Crippen LogP contribution is 2.36. The molecule has 3 rings (SSSR count). The van der Waals surface area contributed by atoms with Crippen LogP contribution in [-0.4, -0.2) is 50.3 Å². The van der Waals surface area contributed by atoms with Crippen LogP contribution in [0.3, 0.4) is 0 Å². The number of hydrogen-bond donors (Lipinski definition) is 0. The number of rotatable bonds is 5. The Labute approximate surface area is 163 Å². The van der Waals surface area contributed by atoms with Crippen molar-refractivity contribution < 1.29 is 8.42 Å². The van der Waals surface area contributed by atoms with Crippen LogP contribution in [0.1, 0.15) is 12.0 Å². The molecule has 0 amide bonds. The summed E-state index contributed by atoms with van der Waals surface area (Å²) in [5.41, 5.74) is 1.30. The fourth-order valence-electron chi connectivity index (χ4n) is 2.98. The van der Waals surface area contributed by atoms with Crippen LogP contribution in [-0.2, 0) is 16.4 Å². The molecule has 2 aromatic rings. The van der Waals surface area contributed by atoms with Gasteiger partial charge in [-0.15, -0.1) is 11.3 Å². The molecular weight excluding hydrogens is 399 g/mol. The molecule has 1 aliphatic heterocycles. The highest BCUT2D eigenvalue weighted by atomic mass is 35.5. The van der Waals surface area contributed by atoms with Crippen molar-refractivity contribution in [1.29, 1.82) is 0 Å². The van der Waals surface area contributed by atoms with Crippen LogP contribution in [0.2, 0.25) is 8.67 Å². The molecule has 2 heterocycles. The predicted octanol–water partition coefficient (Wildman–Crippen LogP) is 3.99. The Morgan fingerprint density at radius 2 is 1.80 bits per heavy atom. The van der Waals surface area contributed by atoms with Crippen molar-refractivity contribution in [1.82, 2.24) is 9.21 Å². The molecule has 0 aliphatic carbocycles. The second kappa shape index (κ2) is 8.37. The third kappa shape index (κ3) is 4.76. The van der Waals surface area contributed by atoms with Gasteiger partial charge in [-0.3, -0.25) is 0 Å². The van der Waals surface area contributed by atoms with Gasteiger partial charge in [0.25, 0.3) is 0 Å². The molecule has 1 aliphatic rings. The van der Waals surface area contributed by atoms with Gasteiger partial charge >= 0.3 is 0 Å². The zero-order valence-corrected chi connectivity index (χ0v) is 16.8. The van der Waals surface area contributed by atoms with Crippen LogP contribution in [0.25, 0.3) is 0 Å². The molecule has 1 saturated heterocycles. The molecule has 0 atom stereocenters.